The molecule has 0 atom stereocenters. The molecule has 0 N–H and O–H groups in total. The first-order valence-corrected chi connectivity index (χ1v) is 5.88. The lowest BCUT2D eigenvalue weighted by Gasteiger charge is -2.04. The van der Waals surface area contributed by atoms with Crippen LogP contribution in [0, 0.1) is 6.92 Å². The molecule has 0 aliphatic carbocycles. The summed E-state index contributed by atoms with van der Waals surface area (Å²) in [6, 6.07) is 19.3. The predicted molar refractivity (Wildman–Crippen MR) is 73.1 cm³/mol. The van der Waals surface area contributed by atoms with Crippen LogP contribution in [-0.2, 0) is 7.05 Å². The summed E-state index contributed by atoms with van der Waals surface area (Å²) in [7, 11) is 2.12. The normalized spacial score (nSPS) is 10.9. The maximum absolute atomic E-state index is 2.26. The molecule has 0 bridgehead atoms. The topological polar surface area (TPSA) is 4.93 Å². The van der Waals surface area contributed by atoms with Crippen molar-refractivity contribution in [2.45, 2.75) is 6.92 Å². The van der Waals surface area contributed by atoms with E-state index in [9.17, 15) is 0 Å². The van der Waals surface area contributed by atoms with Crippen molar-refractivity contribution in [3.63, 3.8) is 0 Å². The van der Waals surface area contributed by atoms with Crippen molar-refractivity contribution in [2.24, 2.45) is 7.05 Å². The highest BCUT2D eigenvalue weighted by Crippen LogP contribution is 2.30. The third kappa shape index (κ3) is 1.55. The number of hydrogen-bond donors (Lipinski definition) is 0. The van der Waals surface area contributed by atoms with E-state index in [2.05, 4.69) is 73.1 Å². The van der Waals surface area contributed by atoms with Gasteiger partial charge in [0.05, 0.1) is 0 Å². The van der Waals surface area contributed by atoms with Crippen LogP contribution in [0.15, 0.2) is 54.6 Å². The van der Waals surface area contributed by atoms with Gasteiger partial charge in [-0.3, -0.25) is 0 Å². The molecule has 0 amide bonds. The molecule has 84 valence electrons. The van der Waals surface area contributed by atoms with Crippen LogP contribution in [-0.4, -0.2) is 4.57 Å². The van der Waals surface area contributed by atoms with Crippen LogP contribution in [0.3, 0.4) is 0 Å². The Morgan fingerprint density at radius 2 is 1.65 bits per heavy atom. The maximum Gasteiger partial charge on any atom is 0.0486 e. The summed E-state index contributed by atoms with van der Waals surface area (Å²) in [5, 5.41) is 1.33. The van der Waals surface area contributed by atoms with Gasteiger partial charge in [-0.1, -0.05) is 42.5 Å². The van der Waals surface area contributed by atoms with Crippen molar-refractivity contribution in [2.75, 3.05) is 0 Å². The second-order valence-electron chi connectivity index (χ2n) is 4.45. The SMILES string of the molecule is Cc1cc2c(-c3ccccc3)cccc2n1C. The van der Waals surface area contributed by atoms with Crippen LogP contribution in [0.4, 0.5) is 0 Å². The summed E-state index contributed by atoms with van der Waals surface area (Å²) in [5.41, 5.74) is 5.18. The maximum atomic E-state index is 2.26. The van der Waals surface area contributed by atoms with Crippen molar-refractivity contribution < 1.29 is 0 Å². The van der Waals surface area contributed by atoms with Crippen molar-refractivity contribution >= 4 is 10.9 Å². The Morgan fingerprint density at radius 1 is 0.882 bits per heavy atom. The van der Waals surface area contributed by atoms with Crippen molar-refractivity contribution in [1.29, 1.82) is 0 Å². The zero-order chi connectivity index (χ0) is 11.8. The van der Waals surface area contributed by atoms with Crippen LogP contribution < -0.4 is 0 Å². The van der Waals surface area contributed by atoms with E-state index >= 15 is 0 Å². The Morgan fingerprint density at radius 3 is 2.41 bits per heavy atom. The number of aromatic nitrogens is 1. The van der Waals surface area contributed by atoms with Gasteiger partial charge in [-0.25, -0.2) is 0 Å². The van der Waals surface area contributed by atoms with E-state index in [1.807, 2.05) is 0 Å². The fourth-order valence-electron chi connectivity index (χ4n) is 2.36. The molecule has 17 heavy (non-hydrogen) atoms. The highest BCUT2D eigenvalue weighted by atomic mass is 14.9. The number of nitrogens with zero attached hydrogens (tertiary/aromatic N) is 1. The minimum absolute atomic E-state index is 1.28. The van der Waals surface area contributed by atoms with Gasteiger partial charge in [-0.2, -0.15) is 0 Å². The first-order chi connectivity index (χ1) is 8.27. The van der Waals surface area contributed by atoms with Crippen LogP contribution in [0.2, 0.25) is 0 Å². The molecule has 0 saturated carbocycles. The molecule has 3 rings (SSSR count). The van der Waals surface area contributed by atoms with E-state index in [0.717, 1.165) is 0 Å². The minimum atomic E-state index is 1.28. The van der Waals surface area contributed by atoms with E-state index in [0.29, 0.717) is 0 Å². The summed E-state index contributed by atoms with van der Waals surface area (Å²) in [6.07, 6.45) is 0. The Labute approximate surface area is 101 Å². The second-order valence-corrected chi connectivity index (χ2v) is 4.45. The molecule has 1 nitrogen and oxygen atoms in total. The summed E-state index contributed by atoms with van der Waals surface area (Å²) in [5.74, 6) is 0. The number of aryl methyl sites for hydroxylation is 2. The number of rotatable bonds is 1. The van der Waals surface area contributed by atoms with Gasteiger partial charge in [0.25, 0.3) is 0 Å². The quantitative estimate of drug-likeness (QED) is 0.581. The number of hydrogen-bond acceptors (Lipinski definition) is 0. The van der Waals surface area contributed by atoms with Gasteiger partial charge in [0, 0.05) is 23.6 Å². The molecule has 0 radical (unpaired) electrons. The smallest absolute Gasteiger partial charge is 0.0486 e. The Kier molecular flexibility index (Phi) is 2.25. The first kappa shape index (κ1) is 10.2. The molecule has 1 heteroatoms. The van der Waals surface area contributed by atoms with E-state index in [1.165, 1.54) is 27.7 Å². The summed E-state index contributed by atoms with van der Waals surface area (Å²) >= 11 is 0. The van der Waals surface area contributed by atoms with E-state index in [4.69, 9.17) is 0 Å². The van der Waals surface area contributed by atoms with Gasteiger partial charge < -0.3 is 4.57 Å². The average molecular weight is 221 g/mol. The van der Waals surface area contributed by atoms with Gasteiger partial charge in [0.2, 0.25) is 0 Å². The fourth-order valence-corrected chi connectivity index (χ4v) is 2.36. The van der Waals surface area contributed by atoms with Crippen LogP contribution >= 0.6 is 0 Å². The Hall–Kier alpha value is -2.02. The van der Waals surface area contributed by atoms with Gasteiger partial charge in [-0.05, 0) is 30.2 Å². The van der Waals surface area contributed by atoms with Gasteiger partial charge in [0.1, 0.15) is 0 Å². The van der Waals surface area contributed by atoms with Gasteiger partial charge >= 0.3 is 0 Å². The molecule has 1 aromatic heterocycles. The second kappa shape index (κ2) is 3.77. The molecule has 0 spiro atoms. The first-order valence-electron chi connectivity index (χ1n) is 5.88. The van der Waals surface area contributed by atoms with Crippen LogP contribution in [0.5, 0.6) is 0 Å². The molecule has 0 fully saturated rings. The molecule has 1 heterocycles. The third-order valence-corrected chi connectivity index (χ3v) is 3.41. The average Bonchev–Trinajstić information content (AvgIpc) is 2.67. The zero-order valence-electron chi connectivity index (χ0n) is 10.1. The molecule has 0 unspecified atom stereocenters. The summed E-state index contributed by atoms with van der Waals surface area (Å²) < 4.78 is 2.24. The number of fused-ring (bicyclic) bond motifs is 1. The van der Waals surface area contributed by atoms with E-state index in [-0.39, 0.29) is 0 Å². The number of benzene rings is 2. The predicted octanol–water partition coefficient (Wildman–Crippen LogP) is 4.15. The largest absolute Gasteiger partial charge is 0.348 e. The minimum Gasteiger partial charge on any atom is -0.348 e. The Bertz CT molecular complexity index is 663. The lowest BCUT2D eigenvalue weighted by molar-refractivity contribution is 0.918. The van der Waals surface area contributed by atoms with Crippen molar-refractivity contribution in [3.05, 3.63) is 60.3 Å². The highest BCUT2D eigenvalue weighted by molar-refractivity contribution is 5.96. The lowest BCUT2D eigenvalue weighted by atomic mass is 10.0. The molecular weight excluding hydrogens is 206 g/mol. The molecule has 2 aromatic carbocycles. The highest BCUT2D eigenvalue weighted by Gasteiger charge is 2.07. The fraction of sp³-hybridized carbons (Fsp3) is 0.125. The monoisotopic (exact) mass is 221 g/mol. The molecular formula is C16H15N. The van der Waals surface area contributed by atoms with E-state index in [1.54, 1.807) is 0 Å². The molecule has 0 saturated heterocycles. The molecule has 0 aliphatic heterocycles. The molecule has 0 aliphatic rings. The van der Waals surface area contributed by atoms with Gasteiger partial charge in [0.15, 0.2) is 0 Å². The van der Waals surface area contributed by atoms with Crippen molar-refractivity contribution in [3.8, 4) is 11.1 Å². The zero-order valence-corrected chi connectivity index (χ0v) is 10.1. The van der Waals surface area contributed by atoms with Crippen molar-refractivity contribution in [1.82, 2.24) is 4.57 Å². The Balaban J connectivity index is 2.35. The summed E-state index contributed by atoms with van der Waals surface area (Å²) in [4.78, 5) is 0. The summed E-state index contributed by atoms with van der Waals surface area (Å²) in [6.45, 7) is 2.15. The van der Waals surface area contributed by atoms with Gasteiger partial charge in [-0.15, -0.1) is 0 Å². The van der Waals surface area contributed by atoms with E-state index < -0.39 is 0 Å². The molecule has 3 aromatic rings. The standard InChI is InChI=1S/C16H15N/c1-12-11-15-14(13-7-4-3-5-8-13)9-6-10-16(15)17(12)2/h3-11H,1-2H3. The van der Waals surface area contributed by atoms with Crippen LogP contribution in [0.25, 0.3) is 22.0 Å². The lowest BCUT2D eigenvalue weighted by Crippen LogP contribution is -1.88. The third-order valence-electron chi connectivity index (χ3n) is 3.41. The van der Waals surface area contributed by atoms with Crippen LogP contribution in [0.1, 0.15) is 5.69 Å².